The molecule has 0 fully saturated rings. The van der Waals surface area contributed by atoms with E-state index in [-0.39, 0.29) is 10.2 Å². The summed E-state index contributed by atoms with van der Waals surface area (Å²) in [7, 11) is 0. The number of benzene rings is 1. The monoisotopic (exact) mass is 356 g/mol. The second-order valence-electron chi connectivity index (χ2n) is 3.91. The Morgan fingerprint density at radius 3 is 2.52 bits per heavy atom. The highest BCUT2D eigenvalue weighted by molar-refractivity contribution is 9.10. The molecule has 8 heteroatoms. The molecule has 1 aromatic carbocycles. The maximum absolute atomic E-state index is 13.6. The second-order valence-corrected chi connectivity index (χ2v) is 4.66. The van der Waals surface area contributed by atoms with Gasteiger partial charge in [0, 0.05) is 12.3 Å². The molecule has 0 aliphatic heterocycles. The van der Waals surface area contributed by atoms with Crippen LogP contribution in [0.1, 0.15) is 20.7 Å². The zero-order valence-corrected chi connectivity index (χ0v) is 11.8. The van der Waals surface area contributed by atoms with E-state index in [9.17, 15) is 18.4 Å². The Labute approximate surface area is 125 Å². The van der Waals surface area contributed by atoms with Gasteiger partial charge in [-0.3, -0.25) is 4.79 Å². The minimum Gasteiger partial charge on any atom is -0.478 e. The number of nitrogens with one attached hydrogen (secondary N) is 1. The molecule has 2 rings (SSSR count). The SMILES string of the molecule is O=C(O)c1cc(NC(=O)c2cccnc2Br)c(F)cc1F. The topological polar surface area (TPSA) is 79.3 Å². The van der Waals surface area contributed by atoms with Crippen molar-refractivity contribution in [3.8, 4) is 0 Å². The van der Waals surface area contributed by atoms with Gasteiger partial charge in [-0.2, -0.15) is 0 Å². The van der Waals surface area contributed by atoms with E-state index in [4.69, 9.17) is 5.11 Å². The van der Waals surface area contributed by atoms with E-state index >= 15 is 0 Å². The summed E-state index contributed by atoms with van der Waals surface area (Å²) in [6, 6.07) is 4.06. The lowest BCUT2D eigenvalue weighted by Gasteiger charge is -2.09. The summed E-state index contributed by atoms with van der Waals surface area (Å²) in [4.78, 5) is 26.6. The van der Waals surface area contributed by atoms with Crippen LogP contribution >= 0.6 is 15.9 Å². The van der Waals surface area contributed by atoms with Gasteiger partial charge in [-0.15, -0.1) is 0 Å². The quantitative estimate of drug-likeness (QED) is 0.828. The minimum atomic E-state index is -1.56. The lowest BCUT2D eigenvalue weighted by Crippen LogP contribution is -2.15. The normalized spacial score (nSPS) is 10.2. The fourth-order valence-electron chi connectivity index (χ4n) is 1.55. The van der Waals surface area contributed by atoms with Crippen molar-refractivity contribution >= 4 is 33.5 Å². The molecule has 2 N–H and O–H groups in total. The summed E-state index contributed by atoms with van der Waals surface area (Å²) in [5.74, 6) is -4.58. The molecule has 2 aromatic rings. The van der Waals surface area contributed by atoms with Gasteiger partial charge < -0.3 is 10.4 Å². The predicted molar refractivity (Wildman–Crippen MR) is 73.2 cm³/mol. The molecule has 0 aliphatic rings. The first-order valence-corrected chi connectivity index (χ1v) is 6.33. The fourth-order valence-corrected chi connectivity index (χ4v) is 1.98. The lowest BCUT2D eigenvalue weighted by molar-refractivity contribution is 0.0691. The van der Waals surface area contributed by atoms with Crippen LogP contribution < -0.4 is 5.32 Å². The maximum Gasteiger partial charge on any atom is 0.338 e. The van der Waals surface area contributed by atoms with Gasteiger partial charge in [0.15, 0.2) is 0 Å². The molecule has 0 unspecified atom stereocenters. The van der Waals surface area contributed by atoms with Crippen LogP contribution in [0.25, 0.3) is 0 Å². The van der Waals surface area contributed by atoms with Gasteiger partial charge in [0.25, 0.3) is 5.91 Å². The average Bonchev–Trinajstić information content (AvgIpc) is 2.41. The number of pyridine rings is 1. The standard InChI is InChI=1S/C13H7BrF2N2O3/c14-11-6(2-1-3-17-11)12(19)18-10-4-7(13(20)21)8(15)5-9(10)16/h1-5H,(H,18,19)(H,20,21). The zero-order chi connectivity index (χ0) is 15.6. The van der Waals surface area contributed by atoms with Crippen LogP contribution in [0.2, 0.25) is 0 Å². The first-order valence-electron chi connectivity index (χ1n) is 5.54. The van der Waals surface area contributed by atoms with Gasteiger partial charge in [-0.25, -0.2) is 18.6 Å². The van der Waals surface area contributed by atoms with Crippen molar-refractivity contribution in [1.29, 1.82) is 0 Å². The third kappa shape index (κ3) is 3.22. The number of carbonyl (C=O) groups is 2. The molecule has 0 spiro atoms. The molecule has 1 aromatic heterocycles. The lowest BCUT2D eigenvalue weighted by atomic mass is 10.1. The molecular weight excluding hydrogens is 350 g/mol. The van der Waals surface area contributed by atoms with Crippen LogP contribution in [0.3, 0.4) is 0 Å². The summed E-state index contributed by atoms with van der Waals surface area (Å²) in [5.41, 5.74) is -1.05. The number of rotatable bonds is 3. The Bertz CT molecular complexity index is 737. The van der Waals surface area contributed by atoms with Crippen LogP contribution in [0.15, 0.2) is 35.1 Å². The summed E-state index contributed by atoms with van der Waals surface area (Å²) in [5, 5.41) is 11.0. The Morgan fingerprint density at radius 2 is 1.90 bits per heavy atom. The number of hydrogen-bond acceptors (Lipinski definition) is 3. The molecule has 0 aliphatic carbocycles. The molecule has 0 saturated carbocycles. The van der Waals surface area contributed by atoms with Crippen LogP contribution in [-0.4, -0.2) is 22.0 Å². The minimum absolute atomic E-state index is 0.123. The van der Waals surface area contributed by atoms with Crippen molar-refractivity contribution in [1.82, 2.24) is 4.98 Å². The second kappa shape index (κ2) is 5.96. The van der Waals surface area contributed by atoms with Crippen LogP contribution in [0.4, 0.5) is 14.5 Å². The average molecular weight is 357 g/mol. The van der Waals surface area contributed by atoms with Gasteiger partial charge in [0.1, 0.15) is 16.2 Å². The number of carboxylic acids is 1. The van der Waals surface area contributed by atoms with Crippen molar-refractivity contribution in [2.75, 3.05) is 5.32 Å². The summed E-state index contributed by atoms with van der Waals surface area (Å²) >= 11 is 3.06. The van der Waals surface area contributed by atoms with E-state index in [0.29, 0.717) is 6.07 Å². The van der Waals surface area contributed by atoms with Gasteiger partial charge in [0.05, 0.1) is 16.8 Å². The highest BCUT2D eigenvalue weighted by Gasteiger charge is 2.18. The van der Waals surface area contributed by atoms with Crippen molar-refractivity contribution in [3.63, 3.8) is 0 Å². The number of aromatic carboxylic acids is 1. The first-order chi connectivity index (χ1) is 9.90. The molecule has 0 atom stereocenters. The maximum atomic E-state index is 13.6. The molecule has 108 valence electrons. The number of nitrogens with zero attached hydrogens (tertiary/aromatic N) is 1. The van der Waals surface area contributed by atoms with Gasteiger partial charge in [-0.1, -0.05) is 0 Å². The number of halogens is 3. The number of hydrogen-bond donors (Lipinski definition) is 2. The highest BCUT2D eigenvalue weighted by Crippen LogP contribution is 2.21. The van der Waals surface area contributed by atoms with E-state index < -0.39 is 34.8 Å². The van der Waals surface area contributed by atoms with Crippen molar-refractivity contribution in [2.45, 2.75) is 0 Å². The Balaban J connectivity index is 2.36. The smallest absolute Gasteiger partial charge is 0.338 e. The molecular formula is C13H7BrF2N2O3. The van der Waals surface area contributed by atoms with E-state index in [0.717, 1.165) is 6.07 Å². The highest BCUT2D eigenvalue weighted by atomic mass is 79.9. The first kappa shape index (κ1) is 15.0. The van der Waals surface area contributed by atoms with Crippen LogP contribution in [-0.2, 0) is 0 Å². The predicted octanol–water partition coefficient (Wildman–Crippen LogP) is 3.07. The molecule has 21 heavy (non-hydrogen) atoms. The summed E-state index contributed by atoms with van der Waals surface area (Å²) < 4.78 is 27.1. The number of carbonyl (C=O) groups excluding carboxylic acids is 1. The van der Waals surface area contributed by atoms with Gasteiger partial charge in [0.2, 0.25) is 0 Å². The van der Waals surface area contributed by atoms with E-state index in [1.807, 2.05) is 0 Å². The number of aromatic nitrogens is 1. The Kier molecular flexibility index (Phi) is 4.27. The van der Waals surface area contributed by atoms with Crippen molar-refractivity contribution < 1.29 is 23.5 Å². The molecule has 5 nitrogen and oxygen atoms in total. The number of amides is 1. The van der Waals surface area contributed by atoms with Crippen LogP contribution in [0, 0.1) is 11.6 Å². The van der Waals surface area contributed by atoms with Gasteiger partial charge in [-0.05, 0) is 34.1 Å². The zero-order valence-electron chi connectivity index (χ0n) is 10.2. The fraction of sp³-hybridized carbons (Fsp3) is 0. The number of anilines is 1. The molecule has 0 bridgehead atoms. The number of carboxylic acid groups (broad SMARTS) is 1. The summed E-state index contributed by atoms with van der Waals surface area (Å²) in [6.07, 6.45) is 1.45. The van der Waals surface area contributed by atoms with Gasteiger partial charge >= 0.3 is 5.97 Å². The largest absolute Gasteiger partial charge is 0.478 e. The van der Waals surface area contributed by atoms with E-state index in [1.54, 1.807) is 0 Å². The third-order valence-electron chi connectivity index (χ3n) is 2.54. The Morgan fingerprint density at radius 1 is 1.19 bits per heavy atom. The molecule has 0 radical (unpaired) electrons. The molecule has 0 saturated heterocycles. The summed E-state index contributed by atoms with van der Waals surface area (Å²) in [6.45, 7) is 0. The van der Waals surface area contributed by atoms with Crippen molar-refractivity contribution in [2.24, 2.45) is 0 Å². The van der Waals surface area contributed by atoms with Crippen molar-refractivity contribution in [3.05, 3.63) is 57.8 Å². The van der Waals surface area contributed by atoms with E-state index in [1.165, 1.54) is 18.3 Å². The molecule has 1 amide bonds. The third-order valence-corrected chi connectivity index (χ3v) is 3.17. The molecule has 1 heterocycles. The Hall–Kier alpha value is -2.35. The van der Waals surface area contributed by atoms with Crippen LogP contribution in [0.5, 0.6) is 0 Å². The van der Waals surface area contributed by atoms with E-state index in [2.05, 4.69) is 26.2 Å².